The van der Waals surface area contributed by atoms with Gasteiger partial charge < -0.3 is 9.15 Å². The van der Waals surface area contributed by atoms with Crippen LogP contribution in [0.15, 0.2) is 57.6 Å². The Morgan fingerprint density at radius 2 is 2.11 bits per heavy atom. The van der Waals surface area contributed by atoms with Crippen molar-refractivity contribution in [3.63, 3.8) is 0 Å². The van der Waals surface area contributed by atoms with Crippen LogP contribution in [-0.4, -0.2) is 25.2 Å². The lowest BCUT2D eigenvalue weighted by Gasteiger charge is -2.03. The second kappa shape index (κ2) is 8.55. The molecular weight excluding hydrogens is 406 g/mol. The summed E-state index contributed by atoms with van der Waals surface area (Å²) < 4.78 is 12.8. The molecule has 0 saturated heterocycles. The molecular formula is C17H14ClN5O2S2. The number of rotatable bonds is 8. The minimum absolute atomic E-state index is 0.424. The molecule has 4 aromatic rings. The standard InChI is InChI=1S/C17H14ClN5O2S2/c18-12-3-5-14(6-4-12)25-9-16-19-13(10-26-16)11-27-17-20-21-22-23(17)8-15-2-1-7-24-15/h1-7,10H,8-9,11H2. The number of hydrogen-bond donors (Lipinski definition) is 0. The van der Waals surface area contributed by atoms with Crippen molar-refractivity contribution < 1.29 is 9.15 Å². The van der Waals surface area contributed by atoms with Crippen LogP contribution in [0, 0.1) is 0 Å². The Kier molecular flexibility index (Phi) is 5.71. The van der Waals surface area contributed by atoms with Crippen molar-refractivity contribution in [2.75, 3.05) is 0 Å². The van der Waals surface area contributed by atoms with Gasteiger partial charge in [0.25, 0.3) is 0 Å². The average molecular weight is 420 g/mol. The molecule has 0 fully saturated rings. The fraction of sp³-hybridized carbons (Fsp3) is 0.176. The van der Waals surface area contributed by atoms with Crippen molar-refractivity contribution in [1.29, 1.82) is 0 Å². The van der Waals surface area contributed by atoms with Crippen molar-refractivity contribution in [2.45, 2.75) is 24.1 Å². The lowest BCUT2D eigenvalue weighted by Crippen LogP contribution is -2.03. The van der Waals surface area contributed by atoms with Crippen LogP contribution in [0.3, 0.4) is 0 Å². The molecule has 7 nitrogen and oxygen atoms in total. The van der Waals surface area contributed by atoms with Gasteiger partial charge in [0.2, 0.25) is 5.16 Å². The number of benzene rings is 1. The lowest BCUT2D eigenvalue weighted by molar-refractivity contribution is 0.305. The number of thiazole rings is 1. The molecule has 27 heavy (non-hydrogen) atoms. The van der Waals surface area contributed by atoms with E-state index in [1.54, 1.807) is 34.4 Å². The Morgan fingerprint density at radius 3 is 2.93 bits per heavy atom. The van der Waals surface area contributed by atoms with Crippen LogP contribution in [0.5, 0.6) is 5.75 Å². The number of ether oxygens (including phenoxy) is 1. The number of nitrogens with zero attached hydrogens (tertiary/aromatic N) is 5. The Bertz CT molecular complexity index is 985. The third-order valence-corrected chi connectivity index (χ3v) is 5.62. The highest BCUT2D eigenvalue weighted by Gasteiger charge is 2.11. The summed E-state index contributed by atoms with van der Waals surface area (Å²) in [7, 11) is 0. The molecule has 0 atom stereocenters. The summed E-state index contributed by atoms with van der Waals surface area (Å²) in [6.45, 7) is 0.923. The molecule has 0 aliphatic heterocycles. The van der Waals surface area contributed by atoms with Gasteiger partial charge in [-0.15, -0.1) is 16.4 Å². The van der Waals surface area contributed by atoms with E-state index in [0.29, 0.717) is 23.9 Å². The zero-order chi connectivity index (χ0) is 18.5. The summed E-state index contributed by atoms with van der Waals surface area (Å²) in [4.78, 5) is 4.60. The van der Waals surface area contributed by atoms with Crippen molar-refractivity contribution >= 4 is 34.7 Å². The molecule has 10 heteroatoms. The molecule has 0 aliphatic carbocycles. The van der Waals surface area contributed by atoms with Gasteiger partial charge in [-0.1, -0.05) is 23.4 Å². The van der Waals surface area contributed by atoms with Gasteiger partial charge in [-0.05, 0) is 46.8 Å². The monoisotopic (exact) mass is 419 g/mol. The Labute approximate surface area is 168 Å². The van der Waals surface area contributed by atoms with Crippen LogP contribution in [-0.2, 0) is 18.9 Å². The largest absolute Gasteiger partial charge is 0.486 e. The maximum Gasteiger partial charge on any atom is 0.210 e. The highest BCUT2D eigenvalue weighted by atomic mass is 35.5. The lowest BCUT2D eigenvalue weighted by atomic mass is 10.3. The summed E-state index contributed by atoms with van der Waals surface area (Å²) in [6.07, 6.45) is 1.63. The Balaban J connectivity index is 1.31. The Morgan fingerprint density at radius 1 is 1.22 bits per heavy atom. The second-order valence-electron chi connectivity index (χ2n) is 5.46. The molecule has 0 amide bonds. The number of halogens is 1. The van der Waals surface area contributed by atoms with Crippen LogP contribution >= 0.6 is 34.7 Å². The van der Waals surface area contributed by atoms with Gasteiger partial charge in [0, 0.05) is 16.2 Å². The van der Waals surface area contributed by atoms with Crippen molar-refractivity contribution in [3.05, 3.63) is 69.5 Å². The highest BCUT2D eigenvalue weighted by molar-refractivity contribution is 7.98. The summed E-state index contributed by atoms with van der Waals surface area (Å²) >= 11 is 8.97. The smallest absolute Gasteiger partial charge is 0.210 e. The van der Waals surface area contributed by atoms with Crippen LogP contribution in [0.25, 0.3) is 0 Å². The van der Waals surface area contributed by atoms with Gasteiger partial charge in [0.15, 0.2) is 0 Å². The van der Waals surface area contributed by atoms with E-state index in [0.717, 1.165) is 27.4 Å². The predicted molar refractivity (Wildman–Crippen MR) is 103 cm³/mol. The van der Waals surface area contributed by atoms with E-state index in [9.17, 15) is 0 Å². The Hall–Kier alpha value is -2.36. The quantitative estimate of drug-likeness (QED) is 0.394. The molecule has 0 radical (unpaired) electrons. The average Bonchev–Trinajstić information content (AvgIpc) is 3.42. The number of furan rings is 1. The summed E-state index contributed by atoms with van der Waals surface area (Å²) in [5.74, 6) is 2.25. The van der Waals surface area contributed by atoms with Crippen LogP contribution in [0.1, 0.15) is 16.5 Å². The first-order chi connectivity index (χ1) is 13.3. The summed E-state index contributed by atoms with van der Waals surface area (Å²) in [5, 5.41) is 16.2. The molecule has 3 aromatic heterocycles. The van der Waals surface area contributed by atoms with Crippen molar-refractivity contribution in [1.82, 2.24) is 25.2 Å². The molecule has 0 unspecified atom stereocenters. The maximum atomic E-state index is 5.87. The fourth-order valence-electron chi connectivity index (χ4n) is 2.25. The molecule has 0 spiro atoms. The van der Waals surface area contributed by atoms with E-state index in [-0.39, 0.29) is 0 Å². The van der Waals surface area contributed by atoms with E-state index in [2.05, 4.69) is 20.5 Å². The fourth-order valence-corrected chi connectivity index (χ4v) is 3.95. The topological polar surface area (TPSA) is 78.9 Å². The zero-order valence-electron chi connectivity index (χ0n) is 14.0. The predicted octanol–water partition coefficient (Wildman–Crippen LogP) is 4.30. The molecule has 0 bridgehead atoms. The summed E-state index contributed by atoms with van der Waals surface area (Å²) in [6, 6.07) is 11.0. The van der Waals surface area contributed by atoms with E-state index < -0.39 is 0 Å². The third-order valence-electron chi connectivity index (χ3n) is 3.51. The minimum atomic E-state index is 0.424. The third kappa shape index (κ3) is 4.88. The first-order valence-electron chi connectivity index (χ1n) is 7.99. The number of thioether (sulfide) groups is 1. The van der Waals surface area contributed by atoms with Crippen LogP contribution < -0.4 is 4.74 Å². The zero-order valence-corrected chi connectivity index (χ0v) is 16.4. The van der Waals surface area contributed by atoms with Crippen molar-refractivity contribution in [2.24, 2.45) is 0 Å². The van der Waals surface area contributed by atoms with E-state index in [4.69, 9.17) is 20.8 Å². The van der Waals surface area contributed by atoms with Gasteiger partial charge in [-0.3, -0.25) is 0 Å². The van der Waals surface area contributed by atoms with Crippen LogP contribution in [0.2, 0.25) is 5.02 Å². The SMILES string of the molecule is Clc1ccc(OCc2nc(CSc3nnnn3Cc3ccco3)cs2)cc1. The van der Waals surface area contributed by atoms with E-state index >= 15 is 0 Å². The molecule has 0 aliphatic rings. The van der Waals surface area contributed by atoms with Crippen molar-refractivity contribution in [3.8, 4) is 5.75 Å². The molecule has 4 rings (SSSR count). The van der Waals surface area contributed by atoms with E-state index in [1.807, 2.05) is 29.6 Å². The van der Waals surface area contributed by atoms with Gasteiger partial charge in [0.1, 0.15) is 29.7 Å². The van der Waals surface area contributed by atoms with Gasteiger partial charge in [-0.25, -0.2) is 9.67 Å². The molecule has 3 heterocycles. The molecule has 138 valence electrons. The first-order valence-corrected chi connectivity index (χ1v) is 10.2. The number of aromatic nitrogens is 5. The maximum absolute atomic E-state index is 5.87. The van der Waals surface area contributed by atoms with Gasteiger partial charge in [-0.2, -0.15) is 0 Å². The minimum Gasteiger partial charge on any atom is -0.486 e. The summed E-state index contributed by atoms with van der Waals surface area (Å²) in [5.41, 5.74) is 0.965. The highest BCUT2D eigenvalue weighted by Crippen LogP contribution is 2.23. The number of tetrazole rings is 1. The molecule has 0 saturated carbocycles. The van der Waals surface area contributed by atoms with Gasteiger partial charge in [0.05, 0.1) is 12.0 Å². The molecule has 0 N–H and O–H groups in total. The van der Waals surface area contributed by atoms with Crippen LogP contribution in [0.4, 0.5) is 0 Å². The number of hydrogen-bond acceptors (Lipinski definition) is 8. The second-order valence-corrected chi connectivity index (χ2v) is 7.78. The van der Waals surface area contributed by atoms with Gasteiger partial charge >= 0.3 is 0 Å². The van der Waals surface area contributed by atoms with E-state index in [1.165, 1.54) is 11.8 Å². The molecule has 1 aromatic carbocycles. The normalized spacial score (nSPS) is 11.0. The first kappa shape index (κ1) is 18.0.